The molecule has 0 N–H and O–H groups in total. The maximum Gasteiger partial charge on any atom is 0.120 e. The second-order valence-corrected chi connectivity index (χ2v) is 3.80. The van der Waals surface area contributed by atoms with Gasteiger partial charge in [0.1, 0.15) is 5.69 Å². The predicted molar refractivity (Wildman–Crippen MR) is 63.5 cm³/mol. The number of fused-ring (bicyclic) bond motifs is 1. The summed E-state index contributed by atoms with van der Waals surface area (Å²) in [5.41, 5.74) is 0.877. The van der Waals surface area contributed by atoms with Crippen LogP contribution in [0, 0.1) is 17.8 Å². The number of pyridine rings is 1. The molecule has 1 heterocycles. The lowest BCUT2D eigenvalue weighted by Crippen LogP contribution is -1.86. The van der Waals surface area contributed by atoms with Crippen LogP contribution in [-0.2, 0) is 0 Å². The average molecular weight is 195 g/mol. The zero-order valence-corrected chi connectivity index (χ0v) is 8.99. The van der Waals surface area contributed by atoms with E-state index in [0.29, 0.717) is 5.92 Å². The fourth-order valence-corrected chi connectivity index (χ4v) is 1.43. The number of hydrogen-bond acceptors (Lipinski definition) is 1. The highest BCUT2D eigenvalue weighted by Gasteiger charge is 1.97. The Hall–Kier alpha value is -1.81. The normalized spacial score (nSPS) is 10.1. The minimum atomic E-state index is 0.380. The summed E-state index contributed by atoms with van der Waals surface area (Å²) < 4.78 is 0. The van der Waals surface area contributed by atoms with E-state index in [1.165, 1.54) is 5.39 Å². The van der Waals surface area contributed by atoms with Crippen LogP contribution in [0.4, 0.5) is 0 Å². The number of hydrogen-bond donors (Lipinski definition) is 0. The van der Waals surface area contributed by atoms with Crippen molar-refractivity contribution in [1.29, 1.82) is 0 Å². The van der Waals surface area contributed by atoms with E-state index < -0.39 is 0 Å². The van der Waals surface area contributed by atoms with Crippen molar-refractivity contribution in [3.8, 4) is 11.8 Å². The number of benzene rings is 1. The van der Waals surface area contributed by atoms with E-state index >= 15 is 0 Å². The van der Waals surface area contributed by atoms with Crippen LogP contribution < -0.4 is 0 Å². The van der Waals surface area contributed by atoms with Gasteiger partial charge in [0.25, 0.3) is 0 Å². The largest absolute Gasteiger partial charge is 0.247 e. The Bertz CT molecular complexity index is 524. The van der Waals surface area contributed by atoms with Gasteiger partial charge < -0.3 is 0 Å². The quantitative estimate of drug-likeness (QED) is 0.588. The summed E-state index contributed by atoms with van der Waals surface area (Å²) in [6, 6.07) is 10.2. The molecule has 0 unspecified atom stereocenters. The van der Waals surface area contributed by atoms with Gasteiger partial charge in [-0.25, -0.2) is 4.98 Å². The van der Waals surface area contributed by atoms with Gasteiger partial charge in [-0.2, -0.15) is 0 Å². The highest BCUT2D eigenvalue weighted by Crippen LogP contribution is 2.15. The third kappa shape index (κ3) is 2.16. The van der Waals surface area contributed by atoms with Crippen molar-refractivity contribution in [3.05, 3.63) is 42.2 Å². The van der Waals surface area contributed by atoms with Crippen LogP contribution in [0.1, 0.15) is 19.5 Å². The number of nitrogens with zero attached hydrogens (tertiary/aromatic N) is 1. The molecule has 0 atom stereocenters. The van der Waals surface area contributed by atoms with Crippen LogP contribution >= 0.6 is 0 Å². The minimum Gasteiger partial charge on any atom is -0.247 e. The summed E-state index contributed by atoms with van der Waals surface area (Å²) in [6.45, 7) is 4.16. The van der Waals surface area contributed by atoms with Gasteiger partial charge in [-0.3, -0.25) is 0 Å². The summed E-state index contributed by atoms with van der Waals surface area (Å²) in [4.78, 5) is 4.31. The third-order valence-electron chi connectivity index (χ3n) is 2.15. The zero-order chi connectivity index (χ0) is 10.7. The lowest BCUT2D eigenvalue weighted by molar-refractivity contribution is 0.866. The number of rotatable bonds is 0. The maximum atomic E-state index is 4.31. The first kappa shape index (κ1) is 9.73. The van der Waals surface area contributed by atoms with Crippen LogP contribution in [0.15, 0.2) is 36.5 Å². The van der Waals surface area contributed by atoms with E-state index in [2.05, 4.69) is 42.8 Å². The van der Waals surface area contributed by atoms with Gasteiger partial charge in [0.05, 0.1) is 0 Å². The first-order chi connectivity index (χ1) is 7.27. The molecule has 0 saturated carbocycles. The van der Waals surface area contributed by atoms with Crippen LogP contribution in [-0.4, -0.2) is 4.98 Å². The van der Waals surface area contributed by atoms with Crippen LogP contribution in [0.3, 0.4) is 0 Å². The molecule has 0 bridgehead atoms. The second kappa shape index (κ2) is 4.14. The Morgan fingerprint density at radius 2 is 1.93 bits per heavy atom. The Morgan fingerprint density at radius 1 is 1.13 bits per heavy atom. The molecule has 0 aliphatic carbocycles. The standard InChI is InChI=1S/C14H13N/c1-11(2)7-8-14-13-6-4-3-5-12(13)9-10-15-14/h3-6,9-11H,1-2H3. The van der Waals surface area contributed by atoms with Crippen LogP contribution in [0.5, 0.6) is 0 Å². The van der Waals surface area contributed by atoms with E-state index in [1.807, 2.05) is 24.4 Å². The van der Waals surface area contributed by atoms with Gasteiger partial charge in [0, 0.05) is 17.5 Å². The highest BCUT2D eigenvalue weighted by atomic mass is 14.7. The molecule has 15 heavy (non-hydrogen) atoms. The molecule has 0 spiro atoms. The SMILES string of the molecule is CC(C)C#Cc1nccc2ccccc12. The first-order valence-electron chi connectivity index (χ1n) is 5.12. The van der Waals surface area contributed by atoms with Crippen molar-refractivity contribution in [2.45, 2.75) is 13.8 Å². The molecule has 0 fully saturated rings. The van der Waals surface area contributed by atoms with Crippen LogP contribution in [0.25, 0.3) is 10.8 Å². The third-order valence-corrected chi connectivity index (χ3v) is 2.15. The molecule has 74 valence electrons. The van der Waals surface area contributed by atoms with Gasteiger partial charge in [-0.05, 0) is 17.4 Å². The van der Waals surface area contributed by atoms with Gasteiger partial charge in [0.2, 0.25) is 0 Å². The van der Waals surface area contributed by atoms with E-state index in [0.717, 1.165) is 11.1 Å². The Kier molecular flexibility index (Phi) is 2.69. The molecule has 0 aliphatic heterocycles. The van der Waals surface area contributed by atoms with E-state index in [4.69, 9.17) is 0 Å². The number of aromatic nitrogens is 1. The minimum absolute atomic E-state index is 0.380. The van der Waals surface area contributed by atoms with Crippen molar-refractivity contribution in [3.63, 3.8) is 0 Å². The second-order valence-electron chi connectivity index (χ2n) is 3.80. The van der Waals surface area contributed by atoms with E-state index in [-0.39, 0.29) is 0 Å². The molecule has 2 rings (SSSR count). The molecule has 1 aromatic heterocycles. The molecule has 1 nitrogen and oxygen atoms in total. The fourth-order valence-electron chi connectivity index (χ4n) is 1.43. The van der Waals surface area contributed by atoms with E-state index in [1.54, 1.807) is 0 Å². The monoisotopic (exact) mass is 195 g/mol. The van der Waals surface area contributed by atoms with Gasteiger partial charge >= 0.3 is 0 Å². The smallest absolute Gasteiger partial charge is 0.120 e. The summed E-state index contributed by atoms with van der Waals surface area (Å²) in [5.74, 6) is 6.65. The first-order valence-corrected chi connectivity index (χ1v) is 5.12. The van der Waals surface area contributed by atoms with E-state index in [9.17, 15) is 0 Å². The summed E-state index contributed by atoms with van der Waals surface area (Å²) in [6.07, 6.45) is 1.81. The summed E-state index contributed by atoms with van der Waals surface area (Å²) >= 11 is 0. The Balaban J connectivity index is 2.58. The molecule has 0 aliphatic rings. The topological polar surface area (TPSA) is 12.9 Å². The van der Waals surface area contributed by atoms with Crippen molar-refractivity contribution in [1.82, 2.24) is 4.98 Å². The molecular weight excluding hydrogens is 182 g/mol. The zero-order valence-electron chi connectivity index (χ0n) is 8.99. The Morgan fingerprint density at radius 3 is 2.73 bits per heavy atom. The van der Waals surface area contributed by atoms with Gasteiger partial charge in [-0.1, -0.05) is 44.0 Å². The molecule has 0 amide bonds. The fraction of sp³-hybridized carbons (Fsp3) is 0.214. The van der Waals surface area contributed by atoms with Crippen LogP contribution in [0.2, 0.25) is 0 Å². The predicted octanol–water partition coefficient (Wildman–Crippen LogP) is 3.24. The molecule has 2 aromatic rings. The molecule has 1 heteroatoms. The highest BCUT2D eigenvalue weighted by molar-refractivity contribution is 5.86. The maximum absolute atomic E-state index is 4.31. The van der Waals surface area contributed by atoms with Crippen molar-refractivity contribution in [2.24, 2.45) is 5.92 Å². The molecular formula is C14H13N. The summed E-state index contributed by atoms with van der Waals surface area (Å²) in [5, 5.41) is 2.33. The molecule has 1 aromatic carbocycles. The lowest BCUT2D eigenvalue weighted by Gasteiger charge is -1.98. The van der Waals surface area contributed by atoms with Gasteiger partial charge in [-0.15, -0.1) is 0 Å². The van der Waals surface area contributed by atoms with Crippen molar-refractivity contribution >= 4 is 10.8 Å². The average Bonchev–Trinajstić information content (AvgIpc) is 2.26. The Labute approximate surface area is 90.2 Å². The van der Waals surface area contributed by atoms with Crippen molar-refractivity contribution < 1.29 is 0 Å². The molecule has 0 radical (unpaired) electrons. The van der Waals surface area contributed by atoms with Gasteiger partial charge in [0.15, 0.2) is 0 Å². The molecule has 0 saturated heterocycles. The summed E-state index contributed by atoms with van der Waals surface area (Å²) in [7, 11) is 0. The lowest BCUT2D eigenvalue weighted by atomic mass is 10.1. The van der Waals surface area contributed by atoms with Crippen molar-refractivity contribution in [2.75, 3.05) is 0 Å².